The van der Waals surface area contributed by atoms with Gasteiger partial charge in [-0.1, -0.05) is 84.6 Å². The lowest BCUT2D eigenvalue weighted by Gasteiger charge is -2.36. The highest BCUT2D eigenvalue weighted by Crippen LogP contribution is 2.36. The molecule has 2 fully saturated rings. The van der Waals surface area contributed by atoms with Gasteiger partial charge in [-0.05, 0) is 25.0 Å². The van der Waals surface area contributed by atoms with Gasteiger partial charge in [-0.15, -0.1) is 0 Å². The Morgan fingerprint density at radius 3 is 2.16 bits per heavy atom. The third-order valence-corrected chi connectivity index (χ3v) is 6.99. The van der Waals surface area contributed by atoms with Gasteiger partial charge in [-0.2, -0.15) is 0 Å². The average Bonchev–Trinajstić information content (AvgIpc) is 3.06. The van der Waals surface area contributed by atoms with Gasteiger partial charge in [0.25, 0.3) is 11.8 Å². The van der Waals surface area contributed by atoms with E-state index in [2.05, 4.69) is 0 Å². The minimum Gasteiger partial charge on any atom is -0.372 e. The molecule has 2 aliphatic rings. The van der Waals surface area contributed by atoms with Crippen LogP contribution >= 0.6 is 24.0 Å². The van der Waals surface area contributed by atoms with E-state index in [9.17, 15) is 9.59 Å². The summed E-state index contributed by atoms with van der Waals surface area (Å²) < 4.78 is 6.28. The fourth-order valence-corrected chi connectivity index (χ4v) is 5.38. The number of nitrogens with zero attached hydrogens (tertiary/aromatic N) is 2. The molecular weight excluding hydrogens is 440 g/mol. The second-order valence-electron chi connectivity index (χ2n) is 8.18. The maximum absolute atomic E-state index is 13.7. The number of hydrogen-bond donors (Lipinski definition) is 0. The number of hydrogen-bond acceptors (Lipinski definition) is 5. The summed E-state index contributed by atoms with van der Waals surface area (Å²) in [6.45, 7) is 5.34. The summed E-state index contributed by atoms with van der Waals surface area (Å²) in [5.74, 6) is -0.312. The molecule has 0 saturated carbocycles. The summed E-state index contributed by atoms with van der Waals surface area (Å²) in [4.78, 5) is 30.9. The van der Waals surface area contributed by atoms with Crippen LogP contribution in [0.15, 0.2) is 71.1 Å². The van der Waals surface area contributed by atoms with Crippen molar-refractivity contribution in [2.45, 2.75) is 39.0 Å². The standard InChI is InChI=1S/C25H26N2O3S2/c1-17-14-26(15-18(2)30-17)23(28)21(13-19-9-5-3-6-10-19)22-24(29)27(25(31)32-22)16-20-11-7-4-8-12-20/h3-12,17-18H,13-16H2,1-2H3/b22-21+. The summed E-state index contributed by atoms with van der Waals surface area (Å²) in [5.41, 5.74) is 2.49. The molecule has 2 saturated heterocycles. The van der Waals surface area contributed by atoms with Gasteiger partial charge in [0.05, 0.1) is 23.7 Å². The molecule has 2 unspecified atom stereocenters. The van der Waals surface area contributed by atoms with Crippen molar-refractivity contribution in [3.8, 4) is 0 Å². The number of ether oxygens (including phenoxy) is 1. The Kier molecular flexibility index (Phi) is 7.08. The molecule has 7 heteroatoms. The van der Waals surface area contributed by atoms with E-state index in [1.54, 1.807) is 9.80 Å². The molecule has 2 amide bonds. The summed E-state index contributed by atoms with van der Waals surface area (Å²) >= 11 is 6.78. The van der Waals surface area contributed by atoms with Crippen molar-refractivity contribution in [3.05, 3.63) is 82.3 Å². The van der Waals surface area contributed by atoms with E-state index in [-0.39, 0.29) is 24.0 Å². The molecule has 5 nitrogen and oxygen atoms in total. The Morgan fingerprint density at radius 1 is 1.00 bits per heavy atom. The number of thioether (sulfide) groups is 1. The number of amides is 2. The summed E-state index contributed by atoms with van der Waals surface area (Å²) in [6.07, 6.45) is 0.289. The van der Waals surface area contributed by atoms with Gasteiger partial charge in [0.15, 0.2) is 0 Å². The first-order valence-electron chi connectivity index (χ1n) is 10.7. The van der Waals surface area contributed by atoms with Crippen LogP contribution < -0.4 is 0 Å². The largest absolute Gasteiger partial charge is 0.372 e. The van der Waals surface area contributed by atoms with E-state index in [4.69, 9.17) is 17.0 Å². The number of thiocarbonyl (C=S) groups is 1. The van der Waals surface area contributed by atoms with Crippen LogP contribution in [0.25, 0.3) is 0 Å². The van der Waals surface area contributed by atoms with Gasteiger partial charge >= 0.3 is 0 Å². The molecule has 166 valence electrons. The van der Waals surface area contributed by atoms with Gasteiger partial charge in [0.1, 0.15) is 4.32 Å². The molecule has 2 aromatic rings. The molecule has 0 radical (unpaired) electrons. The lowest BCUT2D eigenvalue weighted by Crippen LogP contribution is -2.49. The maximum atomic E-state index is 13.7. The van der Waals surface area contributed by atoms with Gasteiger partial charge in [0.2, 0.25) is 0 Å². The van der Waals surface area contributed by atoms with Crippen LogP contribution in [-0.4, -0.2) is 51.2 Å². The second kappa shape index (κ2) is 9.98. The lowest BCUT2D eigenvalue weighted by atomic mass is 10.0. The molecule has 0 bridgehead atoms. The Balaban J connectivity index is 1.67. The normalized spacial score (nSPS) is 22.9. The minimum atomic E-state index is -0.197. The van der Waals surface area contributed by atoms with Crippen molar-refractivity contribution in [1.29, 1.82) is 0 Å². The monoisotopic (exact) mass is 466 g/mol. The third-order valence-electron chi connectivity index (χ3n) is 5.50. The van der Waals surface area contributed by atoms with Crippen LogP contribution in [0.1, 0.15) is 25.0 Å². The zero-order valence-corrected chi connectivity index (χ0v) is 19.8. The summed E-state index contributed by atoms with van der Waals surface area (Å²) in [5, 5.41) is 0. The number of benzene rings is 2. The van der Waals surface area contributed by atoms with Gasteiger partial charge < -0.3 is 9.64 Å². The molecule has 0 aromatic heterocycles. The highest BCUT2D eigenvalue weighted by Gasteiger charge is 2.38. The predicted octanol–water partition coefficient (Wildman–Crippen LogP) is 4.18. The molecule has 2 atom stereocenters. The first kappa shape index (κ1) is 22.7. The van der Waals surface area contributed by atoms with Gasteiger partial charge in [0, 0.05) is 25.1 Å². The zero-order valence-electron chi connectivity index (χ0n) is 18.2. The molecule has 0 spiro atoms. The van der Waals surface area contributed by atoms with E-state index >= 15 is 0 Å². The summed E-state index contributed by atoms with van der Waals surface area (Å²) in [7, 11) is 0. The van der Waals surface area contributed by atoms with Crippen LogP contribution in [0.3, 0.4) is 0 Å². The quantitative estimate of drug-likeness (QED) is 0.489. The Hall–Kier alpha value is -2.48. The number of carbonyl (C=O) groups is 2. The number of morpholine rings is 1. The zero-order chi connectivity index (χ0) is 22.7. The highest BCUT2D eigenvalue weighted by atomic mass is 32.2. The molecule has 4 rings (SSSR count). The van der Waals surface area contributed by atoms with Crippen molar-refractivity contribution < 1.29 is 14.3 Å². The smallest absolute Gasteiger partial charge is 0.266 e. The van der Waals surface area contributed by atoms with Crippen molar-refractivity contribution in [2.24, 2.45) is 0 Å². The Labute approximate surface area is 198 Å². The van der Waals surface area contributed by atoms with Crippen LogP contribution in [0.2, 0.25) is 0 Å². The van der Waals surface area contributed by atoms with Crippen LogP contribution in [0.5, 0.6) is 0 Å². The van der Waals surface area contributed by atoms with E-state index in [1.807, 2.05) is 74.5 Å². The number of rotatable bonds is 5. The topological polar surface area (TPSA) is 49.9 Å². The number of carbonyl (C=O) groups excluding carboxylic acids is 2. The van der Waals surface area contributed by atoms with Crippen LogP contribution in [0, 0.1) is 0 Å². The van der Waals surface area contributed by atoms with Crippen molar-refractivity contribution >= 4 is 40.1 Å². The molecule has 32 heavy (non-hydrogen) atoms. The maximum Gasteiger partial charge on any atom is 0.266 e. The molecule has 2 heterocycles. The first-order chi connectivity index (χ1) is 15.4. The molecule has 0 aliphatic carbocycles. The van der Waals surface area contributed by atoms with E-state index in [0.717, 1.165) is 11.1 Å². The Morgan fingerprint density at radius 2 is 1.56 bits per heavy atom. The molecule has 0 N–H and O–H groups in total. The van der Waals surface area contributed by atoms with E-state index in [1.165, 1.54) is 11.8 Å². The minimum absolute atomic E-state index is 0.0479. The fraction of sp³-hybridized carbons (Fsp3) is 0.320. The van der Waals surface area contributed by atoms with E-state index in [0.29, 0.717) is 40.9 Å². The predicted molar refractivity (Wildman–Crippen MR) is 131 cm³/mol. The lowest BCUT2D eigenvalue weighted by molar-refractivity contribution is -0.139. The summed E-state index contributed by atoms with van der Waals surface area (Å²) in [6, 6.07) is 19.5. The van der Waals surface area contributed by atoms with Crippen molar-refractivity contribution in [1.82, 2.24) is 9.80 Å². The van der Waals surface area contributed by atoms with Crippen LogP contribution in [0.4, 0.5) is 0 Å². The Bertz CT molecular complexity index is 1030. The van der Waals surface area contributed by atoms with Crippen molar-refractivity contribution in [3.63, 3.8) is 0 Å². The average molecular weight is 467 g/mol. The van der Waals surface area contributed by atoms with Gasteiger partial charge in [-0.3, -0.25) is 14.5 Å². The van der Waals surface area contributed by atoms with Crippen LogP contribution in [-0.2, 0) is 27.3 Å². The molecule has 2 aliphatic heterocycles. The first-order valence-corrected chi connectivity index (χ1v) is 11.9. The fourth-order valence-electron chi connectivity index (χ4n) is 4.07. The highest BCUT2D eigenvalue weighted by molar-refractivity contribution is 8.26. The molecule has 2 aromatic carbocycles. The second-order valence-corrected chi connectivity index (χ2v) is 9.83. The van der Waals surface area contributed by atoms with Gasteiger partial charge in [-0.25, -0.2) is 0 Å². The van der Waals surface area contributed by atoms with E-state index < -0.39 is 0 Å². The van der Waals surface area contributed by atoms with Crippen molar-refractivity contribution in [2.75, 3.05) is 13.1 Å². The molecular formula is C25H26N2O3S2. The third kappa shape index (κ3) is 5.11. The SMILES string of the molecule is CC1CN(C(=O)/C(Cc2ccccc2)=C2/SC(=S)N(Cc3ccccc3)C2=O)CC(C)O1.